The number of nitrogen functional groups attached to an aromatic ring is 1. The zero-order chi connectivity index (χ0) is 23.2. The number of anilines is 2. The Hall–Kier alpha value is -4.12. The minimum atomic E-state index is -0.143. The lowest BCUT2D eigenvalue weighted by molar-refractivity contribution is 0.102. The van der Waals surface area contributed by atoms with E-state index < -0.39 is 0 Å². The summed E-state index contributed by atoms with van der Waals surface area (Å²) in [6.07, 6.45) is 0.665. The van der Waals surface area contributed by atoms with Crippen molar-refractivity contribution < 1.29 is 9.53 Å². The van der Waals surface area contributed by atoms with Crippen LogP contribution in [0.25, 0.3) is 11.1 Å². The number of hydrogen-bond acceptors (Lipinski definition) is 4. The Morgan fingerprint density at radius 1 is 0.909 bits per heavy atom. The standard InChI is InChI=1S/C28H27N3O2/c1-19-9-11-21(12-10-19)27-20(2)5-3-7-25(27)28(32)31-23-13-15-24(16-14-23)33-18-17-22-6-4-8-26(29)30-22/h3-16H,17-18H2,1-2H3,(H2,29,30)(H,31,32). The summed E-state index contributed by atoms with van der Waals surface area (Å²) in [5.41, 5.74) is 12.2. The second-order valence-electron chi connectivity index (χ2n) is 7.99. The van der Waals surface area contributed by atoms with Crippen LogP contribution in [0.1, 0.15) is 27.2 Å². The van der Waals surface area contributed by atoms with Crippen LogP contribution in [-0.2, 0) is 6.42 Å². The number of aromatic nitrogens is 1. The molecule has 0 spiro atoms. The molecule has 0 radical (unpaired) electrons. The quantitative estimate of drug-likeness (QED) is 0.382. The number of benzene rings is 3. The predicted molar refractivity (Wildman–Crippen MR) is 134 cm³/mol. The smallest absolute Gasteiger partial charge is 0.256 e. The topological polar surface area (TPSA) is 77.2 Å². The van der Waals surface area contributed by atoms with Crippen LogP contribution < -0.4 is 15.8 Å². The van der Waals surface area contributed by atoms with E-state index in [9.17, 15) is 4.79 Å². The molecule has 0 atom stereocenters. The van der Waals surface area contributed by atoms with Crippen LogP contribution in [0.15, 0.2) is 84.9 Å². The summed E-state index contributed by atoms with van der Waals surface area (Å²) in [6, 6.07) is 27.0. The van der Waals surface area contributed by atoms with Gasteiger partial charge in [0.25, 0.3) is 5.91 Å². The van der Waals surface area contributed by atoms with E-state index in [1.165, 1.54) is 5.56 Å². The van der Waals surface area contributed by atoms with E-state index in [1.54, 1.807) is 6.07 Å². The number of carbonyl (C=O) groups excluding carboxylic acids is 1. The maximum atomic E-state index is 13.1. The molecule has 1 aromatic heterocycles. The van der Waals surface area contributed by atoms with Crippen molar-refractivity contribution in [2.45, 2.75) is 20.3 Å². The highest BCUT2D eigenvalue weighted by Gasteiger charge is 2.15. The van der Waals surface area contributed by atoms with Gasteiger partial charge in [-0.25, -0.2) is 4.98 Å². The van der Waals surface area contributed by atoms with Gasteiger partial charge in [-0.2, -0.15) is 0 Å². The molecule has 1 amide bonds. The fourth-order valence-electron chi connectivity index (χ4n) is 3.70. The van der Waals surface area contributed by atoms with E-state index in [0.29, 0.717) is 30.1 Å². The van der Waals surface area contributed by atoms with E-state index in [1.807, 2.05) is 61.5 Å². The van der Waals surface area contributed by atoms with Gasteiger partial charge in [0.1, 0.15) is 11.6 Å². The Labute approximate surface area is 194 Å². The summed E-state index contributed by atoms with van der Waals surface area (Å²) in [5.74, 6) is 1.09. The van der Waals surface area contributed by atoms with Gasteiger partial charge in [0.2, 0.25) is 0 Å². The predicted octanol–water partition coefficient (Wildman–Crippen LogP) is 5.82. The molecule has 3 N–H and O–H groups in total. The molecule has 4 rings (SSSR count). The van der Waals surface area contributed by atoms with Crippen molar-refractivity contribution in [3.63, 3.8) is 0 Å². The van der Waals surface area contributed by atoms with Crippen molar-refractivity contribution in [1.29, 1.82) is 0 Å². The first-order valence-electron chi connectivity index (χ1n) is 10.9. The summed E-state index contributed by atoms with van der Waals surface area (Å²) in [6.45, 7) is 4.57. The van der Waals surface area contributed by atoms with Crippen molar-refractivity contribution in [2.75, 3.05) is 17.7 Å². The minimum absolute atomic E-state index is 0.143. The molecule has 0 aliphatic heterocycles. The first kappa shape index (κ1) is 22.1. The Bertz CT molecular complexity index is 1250. The molecule has 4 aromatic rings. The normalized spacial score (nSPS) is 10.6. The molecule has 166 valence electrons. The van der Waals surface area contributed by atoms with Crippen LogP contribution in [0.5, 0.6) is 5.75 Å². The molecular formula is C28H27N3O2. The van der Waals surface area contributed by atoms with Gasteiger partial charge < -0.3 is 15.8 Å². The SMILES string of the molecule is Cc1ccc(-c2c(C)cccc2C(=O)Nc2ccc(OCCc3cccc(N)n3)cc2)cc1. The van der Waals surface area contributed by atoms with Crippen LogP contribution in [0.2, 0.25) is 0 Å². The van der Waals surface area contributed by atoms with Crippen molar-refractivity contribution in [1.82, 2.24) is 4.98 Å². The third-order valence-corrected chi connectivity index (χ3v) is 5.43. The van der Waals surface area contributed by atoms with Gasteiger partial charge in [-0.3, -0.25) is 4.79 Å². The zero-order valence-corrected chi connectivity index (χ0v) is 18.8. The molecule has 5 heteroatoms. The number of carbonyl (C=O) groups is 1. The Kier molecular flexibility index (Phi) is 6.69. The third-order valence-electron chi connectivity index (χ3n) is 5.43. The van der Waals surface area contributed by atoms with Crippen molar-refractivity contribution in [3.8, 4) is 16.9 Å². The number of amides is 1. The van der Waals surface area contributed by atoms with Crippen LogP contribution in [-0.4, -0.2) is 17.5 Å². The molecule has 3 aromatic carbocycles. The van der Waals surface area contributed by atoms with Crippen molar-refractivity contribution in [3.05, 3.63) is 107 Å². The molecule has 0 aliphatic rings. The molecule has 0 saturated heterocycles. The van der Waals surface area contributed by atoms with Crippen molar-refractivity contribution in [2.24, 2.45) is 0 Å². The highest BCUT2D eigenvalue weighted by atomic mass is 16.5. The number of pyridine rings is 1. The second kappa shape index (κ2) is 10.0. The van der Waals surface area contributed by atoms with Gasteiger partial charge in [0.05, 0.1) is 6.61 Å². The summed E-state index contributed by atoms with van der Waals surface area (Å²) in [5, 5.41) is 3.00. The van der Waals surface area contributed by atoms with Crippen LogP contribution in [0.4, 0.5) is 11.5 Å². The Balaban J connectivity index is 1.42. The average Bonchev–Trinajstić information content (AvgIpc) is 2.81. The van der Waals surface area contributed by atoms with Gasteiger partial charge in [-0.15, -0.1) is 0 Å². The summed E-state index contributed by atoms with van der Waals surface area (Å²) < 4.78 is 5.80. The van der Waals surface area contributed by atoms with Gasteiger partial charge in [-0.1, -0.05) is 48.0 Å². The monoisotopic (exact) mass is 437 g/mol. The first-order chi connectivity index (χ1) is 16.0. The number of nitrogens with two attached hydrogens (primary N) is 1. The fraction of sp³-hybridized carbons (Fsp3) is 0.143. The number of hydrogen-bond donors (Lipinski definition) is 2. The molecule has 33 heavy (non-hydrogen) atoms. The molecule has 1 heterocycles. The molecule has 5 nitrogen and oxygen atoms in total. The Morgan fingerprint density at radius 2 is 1.64 bits per heavy atom. The summed E-state index contributed by atoms with van der Waals surface area (Å²) in [7, 11) is 0. The first-order valence-corrected chi connectivity index (χ1v) is 10.9. The van der Waals surface area contributed by atoms with E-state index in [2.05, 4.69) is 41.5 Å². The number of nitrogens with zero attached hydrogens (tertiary/aromatic N) is 1. The molecule has 0 aliphatic carbocycles. The van der Waals surface area contributed by atoms with Gasteiger partial charge >= 0.3 is 0 Å². The summed E-state index contributed by atoms with van der Waals surface area (Å²) >= 11 is 0. The number of aryl methyl sites for hydroxylation is 2. The fourth-order valence-corrected chi connectivity index (χ4v) is 3.70. The average molecular weight is 438 g/mol. The number of rotatable bonds is 7. The lowest BCUT2D eigenvalue weighted by atomic mass is 9.94. The van der Waals surface area contributed by atoms with E-state index in [4.69, 9.17) is 10.5 Å². The van der Waals surface area contributed by atoms with Gasteiger partial charge in [0, 0.05) is 23.4 Å². The lowest BCUT2D eigenvalue weighted by Crippen LogP contribution is -2.13. The molecular weight excluding hydrogens is 410 g/mol. The van der Waals surface area contributed by atoms with Crippen LogP contribution in [0, 0.1) is 13.8 Å². The zero-order valence-electron chi connectivity index (χ0n) is 18.8. The highest BCUT2D eigenvalue weighted by molar-refractivity contribution is 6.09. The number of ether oxygens (including phenoxy) is 1. The molecule has 0 saturated carbocycles. The van der Waals surface area contributed by atoms with Gasteiger partial charge in [0.15, 0.2) is 0 Å². The molecule has 0 unspecified atom stereocenters. The largest absolute Gasteiger partial charge is 0.493 e. The maximum absolute atomic E-state index is 13.1. The summed E-state index contributed by atoms with van der Waals surface area (Å²) in [4.78, 5) is 17.4. The third kappa shape index (κ3) is 5.57. The van der Waals surface area contributed by atoms with Gasteiger partial charge in [-0.05, 0) is 73.0 Å². The van der Waals surface area contributed by atoms with Crippen LogP contribution in [0.3, 0.4) is 0 Å². The van der Waals surface area contributed by atoms with Crippen LogP contribution >= 0.6 is 0 Å². The highest BCUT2D eigenvalue weighted by Crippen LogP contribution is 2.29. The number of nitrogens with one attached hydrogen (secondary N) is 1. The second-order valence-corrected chi connectivity index (χ2v) is 7.99. The van der Waals surface area contributed by atoms with E-state index >= 15 is 0 Å². The Morgan fingerprint density at radius 3 is 2.36 bits per heavy atom. The molecule has 0 bridgehead atoms. The van der Waals surface area contributed by atoms with E-state index in [0.717, 1.165) is 28.1 Å². The molecule has 0 fully saturated rings. The minimum Gasteiger partial charge on any atom is -0.493 e. The lowest BCUT2D eigenvalue weighted by Gasteiger charge is -2.14. The maximum Gasteiger partial charge on any atom is 0.256 e. The van der Waals surface area contributed by atoms with Crippen molar-refractivity contribution >= 4 is 17.4 Å². The van der Waals surface area contributed by atoms with E-state index in [-0.39, 0.29) is 5.91 Å².